The second-order valence-electron chi connectivity index (χ2n) is 7.84. The summed E-state index contributed by atoms with van der Waals surface area (Å²) in [6.45, 7) is 2.45. The maximum absolute atomic E-state index is 12.2. The zero-order chi connectivity index (χ0) is 23.5. The molecule has 5 nitrogen and oxygen atoms in total. The highest BCUT2D eigenvalue weighted by Crippen LogP contribution is 2.36. The number of carbonyl (C=O) groups is 2. The van der Waals surface area contributed by atoms with Crippen molar-refractivity contribution in [1.82, 2.24) is 4.90 Å². The second-order valence-corrected chi connectivity index (χ2v) is 8.75. The van der Waals surface area contributed by atoms with Crippen LogP contribution in [0.4, 0.5) is 18.9 Å². The Morgan fingerprint density at radius 2 is 1.91 bits per heavy atom. The number of hydrogen-bond donors (Lipinski definition) is 1. The van der Waals surface area contributed by atoms with E-state index in [1.807, 2.05) is 0 Å². The lowest BCUT2D eigenvalue weighted by molar-refractivity contribution is -0.344. The molecular formula is C23H22BrF3N2O3. The van der Waals surface area contributed by atoms with Crippen LogP contribution in [0.15, 0.2) is 53.0 Å². The number of carbonyl (C=O) groups excluding carboxylic acids is 2. The van der Waals surface area contributed by atoms with Crippen LogP contribution in [0.2, 0.25) is 0 Å². The molecule has 1 saturated heterocycles. The van der Waals surface area contributed by atoms with Gasteiger partial charge in [-0.1, -0.05) is 46.3 Å². The Bertz CT molecular complexity index is 983. The Kier molecular flexibility index (Phi) is 7.38. The van der Waals surface area contributed by atoms with Crippen molar-refractivity contribution >= 4 is 33.5 Å². The van der Waals surface area contributed by atoms with Gasteiger partial charge in [-0.3, -0.25) is 4.79 Å². The van der Waals surface area contributed by atoms with E-state index in [-0.39, 0.29) is 18.0 Å². The van der Waals surface area contributed by atoms with E-state index in [4.69, 9.17) is 9.90 Å². The summed E-state index contributed by atoms with van der Waals surface area (Å²) in [5, 5.41) is 12.5. The number of fused-ring (bicyclic) bond motifs is 2. The van der Waals surface area contributed by atoms with Crippen molar-refractivity contribution < 1.29 is 27.9 Å². The first-order valence-electron chi connectivity index (χ1n) is 10.0. The quantitative estimate of drug-likeness (QED) is 0.627. The highest BCUT2D eigenvalue weighted by atomic mass is 79.9. The predicted molar refractivity (Wildman–Crippen MR) is 115 cm³/mol. The zero-order valence-corrected chi connectivity index (χ0v) is 18.9. The van der Waals surface area contributed by atoms with Crippen LogP contribution in [0.25, 0.3) is 0 Å². The molecule has 2 atom stereocenters. The molecule has 2 unspecified atom stereocenters. The van der Waals surface area contributed by atoms with Crippen LogP contribution in [-0.2, 0) is 22.4 Å². The maximum atomic E-state index is 12.2. The highest BCUT2D eigenvalue weighted by molar-refractivity contribution is 9.10. The Hall–Kier alpha value is -2.68. The normalized spacial score (nSPS) is 19.7. The van der Waals surface area contributed by atoms with Gasteiger partial charge in [0.25, 0.3) is 0 Å². The first-order chi connectivity index (χ1) is 15.0. The van der Waals surface area contributed by atoms with Gasteiger partial charge in [-0.15, -0.1) is 0 Å². The van der Waals surface area contributed by atoms with Crippen molar-refractivity contribution in [2.45, 2.75) is 44.4 Å². The monoisotopic (exact) mass is 510 g/mol. The van der Waals surface area contributed by atoms with Crippen molar-refractivity contribution in [3.05, 3.63) is 70.0 Å². The summed E-state index contributed by atoms with van der Waals surface area (Å²) >= 11 is 3.57. The predicted octanol–water partition coefficient (Wildman–Crippen LogP) is 3.52. The number of benzene rings is 2. The molecular weight excluding hydrogens is 489 g/mol. The number of anilines is 1. The summed E-state index contributed by atoms with van der Waals surface area (Å²) in [6, 6.07) is 17.5. The number of rotatable bonds is 2. The minimum Gasteiger partial charge on any atom is -0.542 e. The Morgan fingerprint density at radius 1 is 1.22 bits per heavy atom. The molecule has 170 valence electrons. The second kappa shape index (κ2) is 9.85. The van der Waals surface area contributed by atoms with Crippen LogP contribution in [-0.4, -0.2) is 41.6 Å². The number of aliphatic carboxylic acids is 1. The van der Waals surface area contributed by atoms with Gasteiger partial charge in [0.2, 0.25) is 5.91 Å². The third-order valence-electron chi connectivity index (χ3n) is 5.57. The molecule has 1 N–H and O–H groups in total. The third-order valence-corrected chi connectivity index (χ3v) is 6.06. The number of nitrogens with zero attached hydrogens (tertiary/aromatic N) is 1. The van der Waals surface area contributed by atoms with E-state index in [2.05, 4.69) is 74.7 Å². The third kappa shape index (κ3) is 5.97. The van der Waals surface area contributed by atoms with Crippen molar-refractivity contribution in [2.75, 3.05) is 11.9 Å². The Balaban J connectivity index is 0.000000360. The number of piperidine rings is 1. The fraction of sp³-hybridized carbons (Fsp3) is 0.348. The lowest BCUT2D eigenvalue weighted by atomic mass is 9.78. The van der Waals surface area contributed by atoms with Crippen LogP contribution in [0.5, 0.6) is 0 Å². The Morgan fingerprint density at radius 3 is 2.53 bits per heavy atom. The van der Waals surface area contributed by atoms with Gasteiger partial charge in [0, 0.05) is 17.1 Å². The fourth-order valence-corrected chi connectivity index (χ4v) is 4.58. The highest BCUT2D eigenvalue weighted by Gasteiger charge is 2.46. The van der Waals surface area contributed by atoms with E-state index in [0.717, 1.165) is 30.3 Å². The van der Waals surface area contributed by atoms with Crippen LogP contribution in [0, 0.1) is 5.92 Å². The van der Waals surface area contributed by atoms with E-state index in [9.17, 15) is 18.0 Å². The minimum absolute atomic E-state index is 0.178. The number of carboxylic acid groups (broad SMARTS) is 1. The number of halogens is 4. The van der Waals surface area contributed by atoms with Crippen LogP contribution >= 0.6 is 15.9 Å². The molecule has 0 saturated carbocycles. The first kappa shape index (κ1) is 24.0. The van der Waals surface area contributed by atoms with Gasteiger partial charge in [-0.05, 0) is 35.7 Å². The number of carboxylic acids is 1. The van der Waals surface area contributed by atoms with Gasteiger partial charge in [0.15, 0.2) is 6.04 Å². The Labute approximate surface area is 192 Å². The van der Waals surface area contributed by atoms with E-state index in [0.29, 0.717) is 0 Å². The summed E-state index contributed by atoms with van der Waals surface area (Å²) in [5.74, 6) is -1.33. The summed E-state index contributed by atoms with van der Waals surface area (Å²) in [5.41, 5.74) is 3.84. The molecule has 2 aromatic carbocycles. The molecule has 0 spiro atoms. The summed E-state index contributed by atoms with van der Waals surface area (Å²) < 4.78 is 32.7. The van der Waals surface area contributed by atoms with Crippen molar-refractivity contribution in [1.29, 1.82) is 0 Å². The van der Waals surface area contributed by atoms with E-state index in [1.54, 1.807) is 6.92 Å². The van der Waals surface area contributed by atoms with Crippen LogP contribution in [0.3, 0.4) is 0 Å². The molecule has 3 aliphatic heterocycles. The molecule has 1 fully saturated rings. The zero-order valence-electron chi connectivity index (χ0n) is 17.3. The molecule has 0 radical (unpaired) electrons. The number of para-hydroxylation sites is 1. The smallest absolute Gasteiger partial charge is 0.430 e. The largest absolute Gasteiger partial charge is 0.542 e. The van der Waals surface area contributed by atoms with Crippen LogP contribution in [0.1, 0.15) is 24.5 Å². The van der Waals surface area contributed by atoms with Crippen molar-refractivity contribution in [2.24, 2.45) is 0 Å². The molecule has 3 aliphatic rings. The lowest BCUT2D eigenvalue weighted by Gasteiger charge is -2.41. The molecule has 2 aromatic rings. The fourth-order valence-electron chi connectivity index (χ4n) is 4.13. The van der Waals surface area contributed by atoms with Crippen LogP contribution < -0.4 is 10.4 Å². The summed E-state index contributed by atoms with van der Waals surface area (Å²) in [6.07, 6.45) is -2.35. The molecule has 32 heavy (non-hydrogen) atoms. The molecule has 5 rings (SSSR count). The average Bonchev–Trinajstić information content (AvgIpc) is 2.68. The maximum Gasteiger partial charge on any atom is 0.430 e. The number of alkyl halides is 3. The molecule has 9 heteroatoms. The number of hydrogen-bond acceptors (Lipinski definition) is 4. The minimum atomic E-state index is -5.19. The molecule has 2 bridgehead atoms. The van der Waals surface area contributed by atoms with E-state index >= 15 is 0 Å². The number of amides is 1. The van der Waals surface area contributed by atoms with E-state index in [1.165, 1.54) is 22.7 Å². The average molecular weight is 511 g/mol. The van der Waals surface area contributed by atoms with Gasteiger partial charge < -0.3 is 20.1 Å². The lowest BCUT2D eigenvalue weighted by Crippen LogP contribution is -2.56. The van der Waals surface area contributed by atoms with Crippen molar-refractivity contribution in [3.63, 3.8) is 0 Å². The first-order valence-corrected chi connectivity index (χ1v) is 10.8. The standard InChI is InChI=1S/C21H22BrN2O.C2HF3O2/c1-14(25)24-13-21-17(9-15-5-4-7-18(22)10-15)12-19(24)11-16-6-2-3-8-20(16)23-21;3-2(4,5)1(6)7/h2-8,10,19,21,23H,9,11-13H2,1H3;(H,6,7)/q+1;/p-1. The van der Waals surface area contributed by atoms with Crippen molar-refractivity contribution in [3.8, 4) is 0 Å². The topological polar surface area (TPSA) is 72.5 Å². The van der Waals surface area contributed by atoms with Gasteiger partial charge in [-0.25, -0.2) is 0 Å². The number of nitrogens with one attached hydrogen (secondary N) is 1. The molecule has 1 amide bonds. The summed E-state index contributed by atoms with van der Waals surface area (Å²) in [7, 11) is 0. The summed E-state index contributed by atoms with van der Waals surface area (Å²) in [4.78, 5) is 23.0. The molecule has 0 aliphatic carbocycles. The van der Waals surface area contributed by atoms with Gasteiger partial charge in [0.1, 0.15) is 24.7 Å². The molecule has 3 heterocycles. The molecule has 0 aromatic heterocycles. The van der Waals surface area contributed by atoms with Gasteiger partial charge in [-0.2, -0.15) is 13.2 Å². The SMILES string of the molecule is CC(=O)N1CC2Nc3ccccc3CC1C[C+]2Cc1cccc(Br)c1.O=C([O-])C(F)(F)F. The van der Waals surface area contributed by atoms with Gasteiger partial charge >= 0.3 is 6.18 Å². The van der Waals surface area contributed by atoms with E-state index < -0.39 is 12.1 Å². The van der Waals surface area contributed by atoms with Gasteiger partial charge in [0.05, 0.1) is 12.6 Å².